The number of alkyl halides is 3. The lowest BCUT2D eigenvalue weighted by Crippen LogP contribution is -2.09. The average molecular weight is 418 g/mol. The lowest BCUT2D eigenvalue weighted by Gasteiger charge is -2.11. The molecule has 0 aliphatic heterocycles. The van der Waals surface area contributed by atoms with Gasteiger partial charge in [0.05, 0.1) is 18.4 Å². The van der Waals surface area contributed by atoms with Crippen LogP contribution in [0, 0.1) is 17.5 Å². The number of aromatic amines is 1. The number of aromatic nitrogens is 1. The molecule has 148 valence electrons. The highest BCUT2D eigenvalue weighted by molar-refractivity contribution is 8.00. The maximum absolute atomic E-state index is 14.3. The van der Waals surface area contributed by atoms with Crippen molar-refractivity contribution in [2.45, 2.75) is 11.1 Å². The summed E-state index contributed by atoms with van der Waals surface area (Å²) in [5.74, 6) is -3.37. The van der Waals surface area contributed by atoms with Crippen molar-refractivity contribution in [2.75, 3.05) is 11.8 Å². The third-order valence-electron chi connectivity index (χ3n) is 3.77. The average Bonchev–Trinajstić information content (AvgIpc) is 3.10. The molecule has 0 amide bonds. The van der Waals surface area contributed by atoms with E-state index < -0.39 is 34.9 Å². The summed E-state index contributed by atoms with van der Waals surface area (Å²) in [6, 6.07) is 6.64. The molecule has 0 saturated heterocycles. The molecule has 1 heterocycles. The number of H-pyrrole nitrogens is 1. The van der Waals surface area contributed by atoms with E-state index in [2.05, 4.69) is 9.71 Å². The van der Waals surface area contributed by atoms with E-state index in [1.54, 1.807) is 6.07 Å². The van der Waals surface area contributed by atoms with Crippen molar-refractivity contribution in [3.05, 3.63) is 65.6 Å². The predicted molar refractivity (Wildman–Crippen MR) is 93.6 cm³/mol. The number of benzene rings is 2. The second-order valence-corrected chi connectivity index (χ2v) is 6.46. The first-order chi connectivity index (χ1) is 13.2. The molecule has 0 radical (unpaired) electrons. The van der Waals surface area contributed by atoms with Crippen LogP contribution in [0.5, 0.6) is 5.75 Å². The first-order valence-corrected chi connectivity index (χ1v) is 8.52. The summed E-state index contributed by atoms with van der Waals surface area (Å²) >= 11 is 0.818. The number of anilines is 1. The second kappa shape index (κ2) is 7.70. The number of nitrogens with one attached hydrogen (secondary N) is 2. The molecule has 3 aromatic rings. The molecule has 0 spiro atoms. The van der Waals surface area contributed by atoms with Gasteiger partial charge in [0.25, 0.3) is 0 Å². The molecule has 0 aliphatic rings. The zero-order valence-corrected chi connectivity index (χ0v) is 14.9. The summed E-state index contributed by atoms with van der Waals surface area (Å²) in [6.45, 7) is 0. The Bertz CT molecular complexity index is 1000. The van der Waals surface area contributed by atoms with Gasteiger partial charge in [-0.2, -0.15) is 13.2 Å². The quantitative estimate of drug-likeness (QED) is 0.380. The van der Waals surface area contributed by atoms with E-state index in [0.717, 1.165) is 11.9 Å². The van der Waals surface area contributed by atoms with Gasteiger partial charge in [-0.25, -0.2) is 13.2 Å². The van der Waals surface area contributed by atoms with E-state index in [9.17, 15) is 26.3 Å². The molecule has 0 unspecified atom stereocenters. The highest BCUT2D eigenvalue weighted by atomic mass is 32.2. The molecule has 10 heteroatoms. The van der Waals surface area contributed by atoms with Crippen LogP contribution in [0.1, 0.15) is 5.56 Å². The Kier molecular flexibility index (Phi) is 5.50. The summed E-state index contributed by atoms with van der Waals surface area (Å²) in [6.07, 6.45) is -3.52. The van der Waals surface area contributed by atoms with E-state index in [1.807, 2.05) is 0 Å². The van der Waals surface area contributed by atoms with Crippen molar-refractivity contribution in [3.63, 3.8) is 0 Å². The van der Waals surface area contributed by atoms with Crippen LogP contribution in [0.2, 0.25) is 0 Å². The van der Waals surface area contributed by atoms with Crippen molar-refractivity contribution in [2.24, 2.45) is 0 Å². The Hall–Kier alpha value is -2.75. The monoisotopic (exact) mass is 418 g/mol. The van der Waals surface area contributed by atoms with Crippen LogP contribution < -0.4 is 9.46 Å². The maximum atomic E-state index is 14.3. The van der Waals surface area contributed by atoms with Crippen LogP contribution in [0.4, 0.5) is 32.0 Å². The Morgan fingerprint density at radius 3 is 2.46 bits per heavy atom. The Balaban J connectivity index is 1.78. The summed E-state index contributed by atoms with van der Waals surface area (Å²) in [5, 5.41) is 0. The van der Waals surface area contributed by atoms with Crippen LogP contribution in [0.15, 0.2) is 47.5 Å². The summed E-state index contributed by atoms with van der Waals surface area (Å²) in [5.41, 5.74) is -1.50. The second-order valence-electron chi connectivity index (χ2n) is 5.58. The largest absolute Gasteiger partial charge is 0.494 e. The van der Waals surface area contributed by atoms with Crippen LogP contribution >= 0.6 is 11.9 Å². The maximum Gasteiger partial charge on any atom is 0.419 e. The van der Waals surface area contributed by atoms with Crippen molar-refractivity contribution in [3.8, 4) is 17.0 Å². The normalized spacial score (nSPS) is 11.5. The molecule has 3 nitrogen and oxygen atoms in total. The minimum Gasteiger partial charge on any atom is -0.494 e. The van der Waals surface area contributed by atoms with E-state index >= 15 is 0 Å². The third-order valence-corrected chi connectivity index (χ3v) is 4.56. The third kappa shape index (κ3) is 4.06. The lowest BCUT2D eigenvalue weighted by molar-refractivity contribution is -0.140. The molecule has 2 N–H and O–H groups in total. The molecule has 0 atom stereocenters. The SMILES string of the molecule is COc1cccc(-c2cc(SNc3cc(F)c(C(F)(F)F)cc3F)c[nH]2)c1F. The van der Waals surface area contributed by atoms with Gasteiger partial charge in [-0.1, -0.05) is 6.07 Å². The van der Waals surface area contributed by atoms with Gasteiger partial charge in [-0.15, -0.1) is 0 Å². The Morgan fingerprint density at radius 1 is 1.04 bits per heavy atom. The van der Waals surface area contributed by atoms with Crippen LogP contribution in [0.25, 0.3) is 11.3 Å². The molecule has 0 aliphatic carbocycles. The fraction of sp³-hybridized carbons (Fsp3) is 0.111. The van der Waals surface area contributed by atoms with Crippen molar-refractivity contribution in [1.29, 1.82) is 0 Å². The predicted octanol–water partition coefficient (Wildman–Crippen LogP) is 6.25. The van der Waals surface area contributed by atoms with Crippen molar-refractivity contribution in [1.82, 2.24) is 4.98 Å². The van der Waals surface area contributed by atoms with E-state index in [4.69, 9.17) is 4.74 Å². The summed E-state index contributed by atoms with van der Waals surface area (Å²) in [7, 11) is 1.33. The zero-order valence-electron chi connectivity index (χ0n) is 14.1. The summed E-state index contributed by atoms with van der Waals surface area (Å²) in [4.78, 5) is 3.30. The van der Waals surface area contributed by atoms with Crippen LogP contribution in [-0.4, -0.2) is 12.1 Å². The molecule has 2 aromatic carbocycles. The van der Waals surface area contributed by atoms with Gasteiger partial charge in [-0.3, -0.25) is 0 Å². The standard InChI is InChI=1S/C18H12F6N2OS/c1-27-16-4-2-3-10(17(16)21)14-5-9(8-25-14)28-26-15-7-12(19)11(6-13(15)20)18(22,23)24/h2-8,25-26H,1H3. The molecular weight excluding hydrogens is 406 g/mol. The molecular formula is C18H12F6N2OS. The van der Waals surface area contributed by atoms with Gasteiger partial charge in [0, 0.05) is 28.4 Å². The molecule has 28 heavy (non-hydrogen) atoms. The number of methoxy groups -OCH3 is 1. The van der Waals surface area contributed by atoms with Crippen molar-refractivity contribution < 1.29 is 31.1 Å². The fourth-order valence-electron chi connectivity index (χ4n) is 2.42. The highest BCUT2D eigenvalue weighted by Crippen LogP contribution is 2.35. The minimum absolute atomic E-state index is 0.0572. The fourth-order valence-corrected chi connectivity index (χ4v) is 3.10. The first-order valence-electron chi connectivity index (χ1n) is 7.71. The molecule has 0 fully saturated rings. The molecule has 3 rings (SSSR count). The Labute approximate surface area is 159 Å². The first kappa shape index (κ1) is 20.0. The highest BCUT2D eigenvalue weighted by Gasteiger charge is 2.35. The van der Waals surface area contributed by atoms with Gasteiger partial charge in [0.15, 0.2) is 11.6 Å². The minimum atomic E-state index is -4.99. The lowest BCUT2D eigenvalue weighted by atomic mass is 10.1. The molecule has 1 aromatic heterocycles. The van der Waals surface area contributed by atoms with E-state index in [1.165, 1.54) is 31.5 Å². The molecule has 0 saturated carbocycles. The van der Waals surface area contributed by atoms with E-state index in [-0.39, 0.29) is 17.4 Å². The molecule has 0 bridgehead atoms. The van der Waals surface area contributed by atoms with Crippen molar-refractivity contribution >= 4 is 17.6 Å². The Morgan fingerprint density at radius 2 is 1.79 bits per heavy atom. The topological polar surface area (TPSA) is 37.0 Å². The van der Waals surface area contributed by atoms with Gasteiger partial charge >= 0.3 is 6.18 Å². The van der Waals surface area contributed by atoms with Crippen LogP contribution in [0.3, 0.4) is 0 Å². The number of rotatable bonds is 5. The number of halogens is 6. The van der Waals surface area contributed by atoms with Gasteiger partial charge < -0.3 is 14.4 Å². The number of hydrogen-bond donors (Lipinski definition) is 2. The smallest absolute Gasteiger partial charge is 0.419 e. The summed E-state index contributed by atoms with van der Waals surface area (Å²) < 4.78 is 86.9. The number of hydrogen-bond acceptors (Lipinski definition) is 3. The van der Waals surface area contributed by atoms with Gasteiger partial charge in [-0.05, 0) is 36.2 Å². The zero-order chi connectivity index (χ0) is 20.5. The van der Waals surface area contributed by atoms with Crippen LogP contribution in [-0.2, 0) is 6.18 Å². The van der Waals surface area contributed by atoms with Gasteiger partial charge in [0.2, 0.25) is 0 Å². The van der Waals surface area contributed by atoms with E-state index in [0.29, 0.717) is 16.7 Å². The van der Waals surface area contributed by atoms with Gasteiger partial charge in [0.1, 0.15) is 11.6 Å². The number of ether oxygens (including phenoxy) is 1.